The predicted octanol–water partition coefficient (Wildman–Crippen LogP) is 4.79. The fraction of sp³-hybridized carbons (Fsp3) is 0.531. The van der Waals surface area contributed by atoms with E-state index in [0.29, 0.717) is 34.9 Å². The number of carbonyl (C=O) groups excluding carboxylic acids is 2. The molecule has 41 heavy (non-hydrogen) atoms. The summed E-state index contributed by atoms with van der Waals surface area (Å²) in [4.78, 5) is 50.5. The van der Waals surface area contributed by atoms with Gasteiger partial charge >= 0.3 is 5.97 Å². The van der Waals surface area contributed by atoms with Crippen LogP contribution >= 0.6 is 0 Å². The number of benzene rings is 1. The lowest BCUT2D eigenvalue weighted by Gasteiger charge is -2.45. The third-order valence-electron chi connectivity index (χ3n) is 9.31. The lowest BCUT2D eigenvalue weighted by Crippen LogP contribution is -2.50. The number of carbonyl (C=O) groups is 2. The monoisotopic (exact) mass is 557 g/mol. The highest BCUT2D eigenvalue weighted by molar-refractivity contribution is 5.94. The van der Waals surface area contributed by atoms with Gasteiger partial charge in [-0.3, -0.25) is 19.5 Å². The van der Waals surface area contributed by atoms with Gasteiger partial charge in [-0.1, -0.05) is 44.2 Å². The Labute approximate surface area is 240 Å². The number of methoxy groups -OCH3 is 1. The highest BCUT2D eigenvalue weighted by Gasteiger charge is 2.44. The Bertz CT molecular complexity index is 1450. The van der Waals surface area contributed by atoms with Gasteiger partial charge < -0.3 is 14.6 Å². The van der Waals surface area contributed by atoms with Gasteiger partial charge in [-0.05, 0) is 62.8 Å². The summed E-state index contributed by atoms with van der Waals surface area (Å²) in [6.45, 7) is 0.109. The van der Waals surface area contributed by atoms with Crippen molar-refractivity contribution in [2.24, 2.45) is 0 Å². The smallest absolute Gasteiger partial charge is 0.339 e. The van der Waals surface area contributed by atoms with Crippen LogP contribution in [0.5, 0.6) is 0 Å². The quantitative estimate of drug-likeness (QED) is 0.435. The maximum absolute atomic E-state index is 13.9. The summed E-state index contributed by atoms with van der Waals surface area (Å²) >= 11 is 0. The van der Waals surface area contributed by atoms with E-state index >= 15 is 0 Å². The average molecular weight is 558 g/mol. The summed E-state index contributed by atoms with van der Waals surface area (Å²) in [5.41, 5.74) is 1.90. The van der Waals surface area contributed by atoms with E-state index in [1.807, 2.05) is 28.8 Å². The number of nitrogens with zero attached hydrogens (tertiary/aromatic N) is 4. The highest BCUT2D eigenvalue weighted by atomic mass is 16.5. The summed E-state index contributed by atoms with van der Waals surface area (Å²) in [7, 11) is 1.31. The first kappa shape index (κ1) is 27.6. The van der Waals surface area contributed by atoms with Gasteiger partial charge in [0.1, 0.15) is 0 Å². The summed E-state index contributed by atoms with van der Waals surface area (Å²) in [5, 5.41) is 2.80. The molecule has 0 spiro atoms. The molecule has 3 aliphatic rings. The van der Waals surface area contributed by atoms with E-state index in [0.717, 1.165) is 18.4 Å². The molecule has 2 aromatic heterocycles. The molecule has 0 unspecified atom stereocenters. The van der Waals surface area contributed by atoms with E-state index in [-0.39, 0.29) is 23.8 Å². The fourth-order valence-corrected chi connectivity index (χ4v) is 7.41. The molecule has 3 aromatic rings. The molecule has 0 radical (unpaired) electrons. The van der Waals surface area contributed by atoms with Gasteiger partial charge in [-0.15, -0.1) is 0 Å². The zero-order chi connectivity index (χ0) is 28.3. The van der Waals surface area contributed by atoms with Crippen molar-refractivity contribution in [1.82, 2.24) is 24.8 Å². The number of fused-ring (bicyclic) bond motifs is 3. The SMILES string of the molecule is COC(=O)c1ccc(CNC(=O)c2nc3ccccc3n([C@H]3C[C@H]4CC[C@@H](C3)N4C3CCCCCCC3)c2=O)nc1. The summed E-state index contributed by atoms with van der Waals surface area (Å²) in [5.74, 6) is -0.999. The molecule has 9 heteroatoms. The van der Waals surface area contributed by atoms with Gasteiger partial charge in [-0.25, -0.2) is 9.78 Å². The number of amides is 1. The minimum atomic E-state index is -0.525. The maximum atomic E-state index is 13.9. The topological polar surface area (TPSA) is 106 Å². The number of nitrogens with one attached hydrogen (secondary N) is 1. The number of rotatable bonds is 6. The largest absolute Gasteiger partial charge is 0.465 e. The number of para-hydroxylation sites is 2. The Kier molecular flexibility index (Phi) is 8.14. The number of esters is 1. The van der Waals surface area contributed by atoms with Gasteiger partial charge in [0.25, 0.3) is 11.5 Å². The molecule has 1 amide bonds. The molecule has 1 aromatic carbocycles. The summed E-state index contributed by atoms with van der Waals surface area (Å²) in [6, 6.07) is 12.6. The Morgan fingerprint density at radius 1 is 0.902 bits per heavy atom. The molecule has 4 heterocycles. The van der Waals surface area contributed by atoms with Crippen LogP contribution in [0.15, 0.2) is 47.4 Å². The standard InChI is InChI=1S/C32H39N5O4/c1-41-32(40)21-13-14-22(33-19-21)20-34-30(38)29-31(39)37(28-12-8-7-11-27(28)35-29)26-17-24-15-16-25(18-26)36(24)23-9-5-3-2-4-6-10-23/h7-8,11-14,19,23-26H,2-6,9-10,15-18,20H2,1H3,(H,34,38)/t24-,25+,26+. The molecule has 9 nitrogen and oxygen atoms in total. The molecule has 6 rings (SSSR count). The predicted molar refractivity (Wildman–Crippen MR) is 156 cm³/mol. The second-order valence-electron chi connectivity index (χ2n) is 11.8. The van der Waals surface area contributed by atoms with Gasteiger partial charge in [0.05, 0.1) is 35.9 Å². The number of hydrogen-bond donors (Lipinski definition) is 1. The first-order chi connectivity index (χ1) is 20.0. The van der Waals surface area contributed by atoms with E-state index in [9.17, 15) is 14.4 Å². The Morgan fingerprint density at radius 2 is 1.61 bits per heavy atom. The summed E-state index contributed by atoms with van der Waals surface area (Å²) < 4.78 is 6.57. The number of ether oxygens (including phenoxy) is 1. The van der Waals surface area contributed by atoms with Crippen LogP contribution in [0.3, 0.4) is 0 Å². The van der Waals surface area contributed by atoms with Crippen LogP contribution < -0.4 is 10.9 Å². The zero-order valence-corrected chi connectivity index (χ0v) is 23.8. The van der Waals surface area contributed by atoms with Crippen molar-refractivity contribution in [3.8, 4) is 0 Å². The third kappa shape index (κ3) is 5.64. The first-order valence-corrected chi connectivity index (χ1v) is 15.1. The minimum Gasteiger partial charge on any atom is -0.465 e. The van der Waals surface area contributed by atoms with Crippen molar-refractivity contribution in [2.75, 3.05) is 7.11 Å². The first-order valence-electron chi connectivity index (χ1n) is 15.1. The maximum Gasteiger partial charge on any atom is 0.339 e. The number of piperidine rings is 1. The normalized spacial score (nSPS) is 23.6. The van der Waals surface area contributed by atoms with E-state index in [4.69, 9.17) is 4.74 Å². The second kappa shape index (κ2) is 12.1. The lowest BCUT2D eigenvalue weighted by molar-refractivity contribution is 0.0496. The molecular weight excluding hydrogens is 518 g/mol. The van der Waals surface area contributed by atoms with E-state index in [2.05, 4.69) is 20.2 Å². The van der Waals surface area contributed by atoms with Crippen molar-refractivity contribution in [1.29, 1.82) is 0 Å². The Balaban J connectivity index is 1.23. The van der Waals surface area contributed by atoms with Gasteiger partial charge in [0, 0.05) is 30.4 Å². The Morgan fingerprint density at radius 3 is 2.29 bits per heavy atom. The van der Waals surface area contributed by atoms with Crippen LogP contribution in [0.2, 0.25) is 0 Å². The number of aromatic nitrogens is 3. The van der Waals surface area contributed by atoms with Crippen molar-refractivity contribution in [2.45, 2.75) is 101 Å². The Hall–Kier alpha value is -3.59. The van der Waals surface area contributed by atoms with Gasteiger partial charge in [0.15, 0.2) is 5.69 Å². The van der Waals surface area contributed by atoms with Crippen LogP contribution in [-0.2, 0) is 11.3 Å². The lowest BCUT2D eigenvalue weighted by atomic mass is 9.89. The second-order valence-corrected chi connectivity index (χ2v) is 11.8. The zero-order valence-electron chi connectivity index (χ0n) is 23.8. The van der Waals surface area contributed by atoms with Crippen LogP contribution in [0.1, 0.15) is 103 Å². The van der Waals surface area contributed by atoms with Crippen LogP contribution in [0.4, 0.5) is 0 Å². The van der Waals surface area contributed by atoms with Crippen LogP contribution in [-0.4, -0.2) is 56.5 Å². The van der Waals surface area contributed by atoms with Crippen LogP contribution in [0, 0.1) is 0 Å². The molecule has 1 aliphatic carbocycles. The average Bonchev–Trinajstić information content (AvgIpc) is 3.23. The van der Waals surface area contributed by atoms with E-state index < -0.39 is 11.9 Å². The molecule has 2 aliphatic heterocycles. The van der Waals surface area contributed by atoms with Crippen LogP contribution in [0.25, 0.3) is 11.0 Å². The van der Waals surface area contributed by atoms with Gasteiger partial charge in [-0.2, -0.15) is 0 Å². The molecule has 2 saturated heterocycles. The van der Waals surface area contributed by atoms with Crippen molar-refractivity contribution < 1.29 is 14.3 Å². The van der Waals surface area contributed by atoms with E-state index in [1.54, 1.807) is 12.1 Å². The van der Waals surface area contributed by atoms with Crippen molar-refractivity contribution in [3.05, 3.63) is 69.9 Å². The number of pyridine rings is 1. The molecular formula is C32H39N5O4. The molecule has 216 valence electrons. The number of hydrogen-bond acceptors (Lipinski definition) is 7. The molecule has 3 fully saturated rings. The van der Waals surface area contributed by atoms with Gasteiger partial charge in [0.2, 0.25) is 0 Å². The molecule has 3 atom stereocenters. The fourth-order valence-electron chi connectivity index (χ4n) is 7.41. The molecule has 1 N–H and O–H groups in total. The molecule has 2 bridgehead atoms. The summed E-state index contributed by atoms with van der Waals surface area (Å²) in [6.07, 6.45) is 14.9. The third-order valence-corrected chi connectivity index (χ3v) is 9.31. The highest BCUT2D eigenvalue weighted by Crippen LogP contribution is 2.44. The molecule has 1 saturated carbocycles. The van der Waals surface area contributed by atoms with E-state index in [1.165, 1.54) is 71.1 Å². The van der Waals surface area contributed by atoms with Crippen molar-refractivity contribution >= 4 is 22.9 Å². The van der Waals surface area contributed by atoms with Crippen molar-refractivity contribution in [3.63, 3.8) is 0 Å². The minimum absolute atomic E-state index is 0.0387.